The van der Waals surface area contributed by atoms with Crippen LogP contribution in [0.15, 0.2) is 22.1 Å². The molecular formula is C21H25BrN4O3S. The molecule has 30 heavy (non-hydrogen) atoms. The number of amides is 2. The van der Waals surface area contributed by atoms with Gasteiger partial charge in [-0.25, -0.2) is 14.8 Å². The molecule has 9 heteroatoms. The summed E-state index contributed by atoms with van der Waals surface area (Å²) < 4.78 is 0.614. The zero-order chi connectivity index (χ0) is 21.8. The number of hydrogen-bond acceptors (Lipinski definition) is 5. The number of pyridine rings is 1. The van der Waals surface area contributed by atoms with Gasteiger partial charge in [0.25, 0.3) is 0 Å². The van der Waals surface area contributed by atoms with Crippen LogP contribution in [0.3, 0.4) is 0 Å². The number of anilines is 1. The first-order valence-corrected chi connectivity index (χ1v) is 11.6. The van der Waals surface area contributed by atoms with Crippen LogP contribution >= 0.6 is 27.3 Å². The number of thiazole rings is 1. The van der Waals surface area contributed by atoms with Gasteiger partial charge in [0, 0.05) is 28.7 Å². The van der Waals surface area contributed by atoms with Gasteiger partial charge in [-0.15, -0.1) is 11.3 Å². The SMILES string of the molecule is Cc1ccc(Br)nc1NC(=O)[C@@H]1C[C@@]2(Cc3nc(C(C)(C)C)cs3)C[C@H]2N1C(=O)O. The van der Waals surface area contributed by atoms with Gasteiger partial charge in [0.1, 0.15) is 16.5 Å². The molecule has 2 fully saturated rings. The number of aromatic nitrogens is 2. The molecular weight excluding hydrogens is 468 g/mol. The minimum Gasteiger partial charge on any atom is -0.465 e. The van der Waals surface area contributed by atoms with Crippen molar-refractivity contribution in [3.05, 3.63) is 38.4 Å². The Hall–Kier alpha value is -2.00. The quantitative estimate of drug-likeness (QED) is 0.608. The molecule has 160 valence electrons. The summed E-state index contributed by atoms with van der Waals surface area (Å²) in [6, 6.07) is 2.80. The average Bonchev–Trinajstić information content (AvgIpc) is 3.00. The topological polar surface area (TPSA) is 95.4 Å². The van der Waals surface area contributed by atoms with E-state index in [2.05, 4.69) is 52.4 Å². The van der Waals surface area contributed by atoms with Gasteiger partial charge in [-0.3, -0.25) is 9.69 Å². The summed E-state index contributed by atoms with van der Waals surface area (Å²) in [4.78, 5) is 35.4. The summed E-state index contributed by atoms with van der Waals surface area (Å²) in [5.41, 5.74) is 1.65. The van der Waals surface area contributed by atoms with E-state index < -0.39 is 12.1 Å². The number of rotatable bonds is 4. The molecule has 7 nitrogen and oxygen atoms in total. The predicted molar refractivity (Wildman–Crippen MR) is 119 cm³/mol. The maximum Gasteiger partial charge on any atom is 0.408 e. The van der Waals surface area contributed by atoms with E-state index in [0.717, 1.165) is 22.7 Å². The largest absolute Gasteiger partial charge is 0.465 e. The third-order valence-corrected chi connectivity index (χ3v) is 7.36. The van der Waals surface area contributed by atoms with E-state index in [1.165, 1.54) is 4.90 Å². The molecule has 4 rings (SSSR count). The third-order valence-electron chi connectivity index (χ3n) is 6.07. The fraction of sp³-hybridized carbons (Fsp3) is 0.524. The Balaban J connectivity index is 1.52. The molecule has 0 spiro atoms. The maximum absolute atomic E-state index is 13.0. The van der Waals surface area contributed by atoms with Crippen molar-refractivity contribution >= 4 is 45.1 Å². The number of halogens is 1. The lowest BCUT2D eigenvalue weighted by Gasteiger charge is -2.24. The molecule has 2 aliphatic rings. The van der Waals surface area contributed by atoms with Gasteiger partial charge in [0.2, 0.25) is 5.91 Å². The van der Waals surface area contributed by atoms with Crippen LogP contribution in [0.2, 0.25) is 0 Å². The van der Waals surface area contributed by atoms with Crippen molar-refractivity contribution in [2.75, 3.05) is 5.32 Å². The molecule has 1 saturated carbocycles. The molecule has 2 aromatic rings. The normalized spacial score (nSPS) is 25.2. The zero-order valence-electron chi connectivity index (χ0n) is 17.4. The fourth-order valence-electron chi connectivity index (χ4n) is 4.26. The van der Waals surface area contributed by atoms with Crippen molar-refractivity contribution in [1.29, 1.82) is 0 Å². The van der Waals surface area contributed by atoms with Gasteiger partial charge < -0.3 is 10.4 Å². The predicted octanol–water partition coefficient (Wildman–Crippen LogP) is 4.60. The van der Waals surface area contributed by atoms with Crippen molar-refractivity contribution < 1.29 is 14.7 Å². The van der Waals surface area contributed by atoms with Gasteiger partial charge >= 0.3 is 6.09 Å². The summed E-state index contributed by atoms with van der Waals surface area (Å²) >= 11 is 4.93. The summed E-state index contributed by atoms with van der Waals surface area (Å²) in [5.74, 6) is 0.122. The Morgan fingerprint density at radius 1 is 1.33 bits per heavy atom. The van der Waals surface area contributed by atoms with Crippen molar-refractivity contribution in [3.63, 3.8) is 0 Å². The molecule has 0 aromatic carbocycles. The van der Waals surface area contributed by atoms with Crippen molar-refractivity contribution in [2.24, 2.45) is 5.41 Å². The average molecular weight is 493 g/mol. The molecule has 1 aliphatic heterocycles. The molecule has 2 aromatic heterocycles. The van der Waals surface area contributed by atoms with Gasteiger partial charge in [0.15, 0.2) is 0 Å². The minimum absolute atomic E-state index is 0.0185. The van der Waals surface area contributed by atoms with Crippen LogP contribution in [0.25, 0.3) is 0 Å². The zero-order valence-corrected chi connectivity index (χ0v) is 19.8. The summed E-state index contributed by atoms with van der Waals surface area (Å²) in [6.07, 6.45) is 0.947. The van der Waals surface area contributed by atoms with E-state index in [1.54, 1.807) is 17.4 Å². The highest BCUT2D eigenvalue weighted by Crippen LogP contribution is 2.61. The molecule has 3 heterocycles. The Kier molecular flexibility index (Phi) is 5.17. The van der Waals surface area contributed by atoms with E-state index >= 15 is 0 Å². The Morgan fingerprint density at radius 3 is 2.70 bits per heavy atom. The molecule has 1 aliphatic carbocycles. The number of carbonyl (C=O) groups excluding carboxylic acids is 1. The van der Waals surface area contributed by atoms with E-state index in [9.17, 15) is 14.7 Å². The first-order chi connectivity index (χ1) is 14.0. The molecule has 0 radical (unpaired) electrons. The molecule has 2 N–H and O–H groups in total. The van der Waals surface area contributed by atoms with Crippen LogP contribution in [-0.2, 0) is 16.6 Å². The van der Waals surface area contributed by atoms with Crippen LogP contribution in [0.4, 0.5) is 10.6 Å². The van der Waals surface area contributed by atoms with Crippen molar-refractivity contribution in [1.82, 2.24) is 14.9 Å². The standard InChI is InChI=1S/C21H25BrN4O3S/c1-11-5-6-15(22)24-17(11)25-18(27)12-7-21(8-14(21)26(12)19(28)29)9-16-23-13(10-30-16)20(2,3)4/h5-6,10,12,14H,7-9H2,1-4H3,(H,28,29)(H,24,25,27)/t12-,14+,21-/m0/s1. The smallest absolute Gasteiger partial charge is 0.408 e. The van der Waals surface area contributed by atoms with Crippen molar-refractivity contribution in [3.8, 4) is 0 Å². The number of fused-ring (bicyclic) bond motifs is 1. The van der Waals surface area contributed by atoms with Crippen LogP contribution in [0.5, 0.6) is 0 Å². The number of hydrogen-bond donors (Lipinski definition) is 2. The van der Waals surface area contributed by atoms with Gasteiger partial charge in [-0.1, -0.05) is 26.8 Å². The monoisotopic (exact) mass is 492 g/mol. The van der Waals surface area contributed by atoms with E-state index in [0.29, 0.717) is 23.3 Å². The van der Waals surface area contributed by atoms with Gasteiger partial charge in [-0.05, 0) is 47.3 Å². The summed E-state index contributed by atoms with van der Waals surface area (Å²) in [7, 11) is 0. The number of piperidine rings is 1. The van der Waals surface area contributed by atoms with Gasteiger partial charge in [0.05, 0.1) is 10.7 Å². The third kappa shape index (κ3) is 3.85. The fourth-order valence-corrected chi connectivity index (χ4v) is 5.74. The molecule has 0 unspecified atom stereocenters. The summed E-state index contributed by atoms with van der Waals surface area (Å²) in [5, 5.41) is 15.7. The van der Waals surface area contributed by atoms with Gasteiger partial charge in [-0.2, -0.15) is 0 Å². The minimum atomic E-state index is -1.05. The second-order valence-corrected chi connectivity index (χ2v) is 11.1. The maximum atomic E-state index is 13.0. The second-order valence-electron chi connectivity index (χ2n) is 9.33. The first-order valence-electron chi connectivity index (χ1n) is 9.90. The number of carboxylic acid groups (broad SMARTS) is 1. The van der Waals surface area contributed by atoms with Crippen LogP contribution in [-0.4, -0.2) is 44.1 Å². The number of likely N-dealkylation sites (tertiary alicyclic amines) is 1. The number of aryl methyl sites for hydroxylation is 1. The van der Waals surface area contributed by atoms with E-state index in [4.69, 9.17) is 4.98 Å². The Bertz CT molecular complexity index is 1020. The van der Waals surface area contributed by atoms with E-state index in [-0.39, 0.29) is 22.8 Å². The second kappa shape index (κ2) is 7.30. The number of nitrogens with one attached hydrogen (secondary N) is 1. The lowest BCUT2D eigenvalue weighted by atomic mass is 9.93. The Labute approximate surface area is 188 Å². The highest BCUT2D eigenvalue weighted by atomic mass is 79.9. The highest BCUT2D eigenvalue weighted by Gasteiger charge is 2.67. The highest BCUT2D eigenvalue weighted by molar-refractivity contribution is 9.10. The number of carbonyl (C=O) groups is 2. The van der Waals surface area contributed by atoms with Crippen LogP contribution in [0.1, 0.15) is 49.9 Å². The lowest BCUT2D eigenvalue weighted by molar-refractivity contribution is -0.120. The van der Waals surface area contributed by atoms with Crippen molar-refractivity contribution in [2.45, 2.75) is 64.5 Å². The molecule has 0 bridgehead atoms. The van der Waals surface area contributed by atoms with Crippen LogP contribution in [0, 0.1) is 12.3 Å². The van der Waals surface area contributed by atoms with Crippen LogP contribution < -0.4 is 5.32 Å². The summed E-state index contributed by atoms with van der Waals surface area (Å²) in [6.45, 7) is 8.24. The first kappa shape index (κ1) is 21.2. The Morgan fingerprint density at radius 2 is 2.07 bits per heavy atom. The van der Waals surface area contributed by atoms with E-state index in [1.807, 2.05) is 13.0 Å². The number of nitrogens with zero attached hydrogens (tertiary/aromatic N) is 3. The molecule has 1 saturated heterocycles. The molecule has 3 atom stereocenters. The lowest BCUT2D eigenvalue weighted by Crippen LogP contribution is -2.45. The molecule has 2 amide bonds.